The molecule has 0 amide bonds. The predicted molar refractivity (Wildman–Crippen MR) is 51.1 cm³/mol. The number of aliphatic hydroxyl groups excluding tert-OH is 3. The second-order valence-electron chi connectivity index (χ2n) is 2.24. The molecule has 0 aliphatic heterocycles. The third-order valence-electron chi connectivity index (χ3n) is 1.25. The number of hydrogen-bond acceptors (Lipinski definition) is 5. The highest BCUT2D eigenvalue weighted by atomic mass is 32.2. The Morgan fingerprint density at radius 1 is 0.857 bits per heavy atom. The molecule has 0 aliphatic rings. The average Bonchev–Trinajstić information content (AvgIpc) is 2.04. The Kier molecular flexibility index (Phi) is 15.1. The first kappa shape index (κ1) is 16.3. The van der Waals surface area contributed by atoms with Gasteiger partial charge in [-0.15, -0.1) is 0 Å². The fourth-order valence-corrected chi connectivity index (χ4v) is 0.760. The van der Waals surface area contributed by atoms with Crippen LogP contribution in [0.15, 0.2) is 0 Å². The number of aliphatic hydroxyl groups is 3. The van der Waals surface area contributed by atoms with Crippen LogP contribution in [0.4, 0.5) is 0 Å². The molecular weight excluding hydrogens is 214 g/mol. The first-order valence-corrected chi connectivity index (χ1v) is 4.99. The number of rotatable bonds is 6. The molecule has 0 atom stereocenters. The Balaban J connectivity index is 0. The molecule has 0 unspecified atom stereocenters. The van der Waals surface area contributed by atoms with E-state index in [9.17, 15) is 0 Å². The van der Waals surface area contributed by atoms with Crippen molar-refractivity contribution in [2.75, 3.05) is 39.5 Å². The van der Waals surface area contributed by atoms with E-state index in [1.165, 1.54) is 0 Å². The van der Waals surface area contributed by atoms with Gasteiger partial charge in [0.15, 0.2) is 0 Å². The van der Waals surface area contributed by atoms with E-state index in [0.29, 0.717) is 19.6 Å². The van der Waals surface area contributed by atoms with E-state index < -0.39 is 11.4 Å². The van der Waals surface area contributed by atoms with Crippen molar-refractivity contribution in [2.45, 2.75) is 0 Å². The molecule has 0 aromatic heterocycles. The molecular formula is C6H17NO6S. The summed E-state index contributed by atoms with van der Waals surface area (Å²) in [6.07, 6.45) is 0. The van der Waals surface area contributed by atoms with Gasteiger partial charge in [-0.3, -0.25) is 14.0 Å². The van der Waals surface area contributed by atoms with E-state index in [2.05, 4.69) is 0 Å². The molecule has 8 heteroatoms. The van der Waals surface area contributed by atoms with Gasteiger partial charge in [-0.2, -0.15) is 4.21 Å². The van der Waals surface area contributed by atoms with Crippen molar-refractivity contribution in [3.8, 4) is 0 Å². The largest absolute Gasteiger partial charge is 0.395 e. The maximum atomic E-state index is 8.67. The minimum absolute atomic E-state index is 0.0694. The highest BCUT2D eigenvalue weighted by molar-refractivity contribution is 7.73. The normalized spacial score (nSPS) is 10.2. The van der Waals surface area contributed by atoms with Crippen LogP contribution >= 0.6 is 0 Å². The van der Waals surface area contributed by atoms with Crippen LogP contribution in [-0.2, 0) is 11.4 Å². The minimum atomic E-state index is -2.61. The summed E-state index contributed by atoms with van der Waals surface area (Å²) in [5.41, 5.74) is 0. The molecule has 0 fully saturated rings. The van der Waals surface area contributed by atoms with E-state index >= 15 is 0 Å². The molecule has 0 bridgehead atoms. The molecule has 0 aliphatic carbocycles. The van der Waals surface area contributed by atoms with E-state index in [0.717, 1.165) is 0 Å². The van der Waals surface area contributed by atoms with Crippen LogP contribution in [0.1, 0.15) is 0 Å². The van der Waals surface area contributed by atoms with Gasteiger partial charge in [0.1, 0.15) is 0 Å². The minimum Gasteiger partial charge on any atom is -0.395 e. The molecule has 14 heavy (non-hydrogen) atoms. The lowest BCUT2D eigenvalue weighted by molar-refractivity contribution is 0.136. The highest BCUT2D eigenvalue weighted by Gasteiger charge is 2.00. The van der Waals surface area contributed by atoms with Gasteiger partial charge < -0.3 is 15.3 Å². The van der Waals surface area contributed by atoms with Gasteiger partial charge in [0, 0.05) is 19.6 Å². The SMILES string of the molecule is O=S(O)O.OCCN(CCO)CCO. The van der Waals surface area contributed by atoms with E-state index in [1.54, 1.807) is 4.90 Å². The molecule has 0 radical (unpaired) electrons. The highest BCUT2D eigenvalue weighted by Crippen LogP contribution is 1.84. The van der Waals surface area contributed by atoms with Gasteiger partial charge in [0.2, 0.25) is 0 Å². The fourth-order valence-electron chi connectivity index (χ4n) is 0.760. The Morgan fingerprint density at radius 3 is 1.21 bits per heavy atom. The zero-order valence-corrected chi connectivity index (χ0v) is 8.56. The van der Waals surface area contributed by atoms with Crippen molar-refractivity contribution in [3.05, 3.63) is 0 Å². The lowest BCUT2D eigenvalue weighted by atomic mass is 10.4. The van der Waals surface area contributed by atoms with Crippen LogP contribution in [0.2, 0.25) is 0 Å². The fraction of sp³-hybridized carbons (Fsp3) is 1.00. The molecule has 0 rings (SSSR count). The monoisotopic (exact) mass is 231 g/mol. The second kappa shape index (κ2) is 12.9. The van der Waals surface area contributed by atoms with Crippen molar-refractivity contribution in [3.63, 3.8) is 0 Å². The van der Waals surface area contributed by atoms with E-state index in [4.69, 9.17) is 28.6 Å². The predicted octanol–water partition coefficient (Wildman–Crippen LogP) is -2.05. The third-order valence-corrected chi connectivity index (χ3v) is 1.25. The van der Waals surface area contributed by atoms with Crippen LogP contribution in [0.5, 0.6) is 0 Å². The lowest BCUT2D eigenvalue weighted by Crippen LogP contribution is -2.32. The summed E-state index contributed by atoms with van der Waals surface area (Å²) in [5.74, 6) is 0. The molecule has 0 heterocycles. The van der Waals surface area contributed by atoms with Crippen molar-refractivity contribution in [1.29, 1.82) is 0 Å². The quantitative estimate of drug-likeness (QED) is 0.333. The van der Waals surface area contributed by atoms with Gasteiger partial charge in [-0.05, 0) is 0 Å². The second-order valence-corrected chi connectivity index (χ2v) is 2.70. The number of nitrogens with zero attached hydrogens (tertiary/aromatic N) is 1. The topological polar surface area (TPSA) is 121 Å². The molecule has 0 aromatic carbocycles. The van der Waals surface area contributed by atoms with Crippen LogP contribution in [-0.4, -0.2) is 73.0 Å². The zero-order chi connectivity index (χ0) is 11.4. The van der Waals surface area contributed by atoms with Gasteiger partial charge in [0.25, 0.3) is 11.4 Å². The zero-order valence-electron chi connectivity index (χ0n) is 7.74. The van der Waals surface area contributed by atoms with Crippen molar-refractivity contribution in [2.24, 2.45) is 0 Å². The van der Waals surface area contributed by atoms with Gasteiger partial charge in [-0.25, -0.2) is 0 Å². The molecule has 7 nitrogen and oxygen atoms in total. The van der Waals surface area contributed by atoms with Crippen molar-refractivity contribution in [1.82, 2.24) is 4.90 Å². The first-order chi connectivity index (χ1) is 6.58. The Labute approximate surface area is 85.1 Å². The first-order valence-electron chi connectivity index (χ1n) is 3.93. The van der Waals surface area contributed by atoms with Crippen LogP contribution in [0, 0.1) is 0 Å². The van der Waals surface area contributed by atoms with Gasteiger partial charge in [0.05, 0.1) is 19.8 Å². The molecule has 0 saturated carbocycles. The van der Waals surface area contributed by atoms with Crippen LogP contribution in [0.3, 0.4) is 0 Å². The standard InChI is InChI=1S/C6H15NO3.H2O3S/c8-4-1-7(2-5-9)3-6-10;1-4(2)3/h8-10H,1-6H2;(H2,1,2,3). The Bertz CT molecular complexity index is 117. The van der Waals surface area contributed by atoms with Gasteiger partial charge >= 0.3 is 0 Å². The smallest absolute Gasteiger partial charge is 0.299 e. The molecule has 0 saturated heterocycles. The maximum absolute atomic E-state index is 8.67. The van der Waals surface area contributed by atoms with E-state index in [-0.39, 0.29) is 19.8 Å². The molecule has 88 valence electrons. The molecule has 0 spiro atoms. The van der Waals surface area contributed by atoms with Crippen molar-refractivity contribution < 1.29 is 28.6 Å². The summed E-state index contributed by atoms with van der Waals surface area (Å²) in [4.78, 5) is 1.79. The molecule has 5 N–H and O–H groups in total. The average molecular weight is 231 g/mol. The summed E-state index contributed by atoms with van der Waals surface area (Å²) in [6, 6.07) is 0. The Hall–Kier alpha value is -0.0900. The summed E-state index contributed by atoms with van der Waals surface area (Å²) >= 11 is -2.61. The van der Waals surface area contributed by atoms with Crippen LogP contribution in [0.25, 0.3) is 0 Å². The van der Waals surface area contributed by atoms with E-state index in [1.807, 2.05) is 0 Å². The lowest BCUT2D eigenvalue weighted by Gasteiger charge is -2.17. The summed E-state index contributed by atoms with van der Waals surface area (Å²) in [6.45, 7) is 1.75. The maximum Gasteiger partial charge on any atom is 0.299 e. The Morgan fingerprint density at radius 2 is 1.07 bits per heavy atom. The summed E-state index contributed by atoms with van der Waals surface area (Å²) in [7, 11) is 0. The molecule has 0 aromatic rings. The summed E-state index contributed by atoms with van der Waals surface area (Å²) in [5, 5.41) is 25.5. The summed E-state index contributed by atoms with van der Waals surface area (Å²) < 4.78 is 22.8. The third kappa shape index (κ3) is 17.9. The number of hydrogen-bond donors (Lipinski definition) is 5. The van der Waals surface area contributed by atoms with Gasteiger partial charge in [-0.1, -0.05) is 0 Å². The van der Waals surface area contributed by atoms with Crippen molar-refractivity contribution >= 4 is 11.4 Å². The van der Waals surface area contributed by atoms with Crippen LogP contribution < -0.4 is 0 Å².